The van der Waals surface area contributed by atoms with E-state index in [9.17, 15) is 0 Å². The van der Waals surface area contributed by atoms with Crippen LogP contribution in [0.15, 0.2) is 24.3 Å². The van der Waals surface area contributed by atoms with Gasteiger partial charge in [-0.15, -0.1) is 0 Å². The molecule has 10 heavy (non-hydrogen) atoms. The van der Waals surface area contributed by atoms with Gasteiger partial charge in [0.05, 0.1) is 0 Å². The molecule has 0 unspecified atom stereocenters. The predicted octanol–water partition coefficient (Wildman–Crippen LogP) is -0.609. The van der Waals surface area contributed by atoms with Crippen molar-refractivity contribution in [3.63, 3.8) is 0 Å². The van der Waals surface area contributed by atoms with Crippen LogP contribution in [0.2, 0.25) is 5.02 Å². The fraction of sp³-hybridized carbons (Fsp3) is 0.143. The molecule has 0 saturated carbocycles. The average molecular weight is 271 g/mol. The summed E-state index contributed by atoms with van der Waals surface area (Å²) in [5.74, 6) is 0. The second-order valence-electron chi connectivity index (χ2n) is 1.88. The molecule has 0 radical (unpaired) electrons. The van der Waals surface area contributed by atoms with Crippen LogP contribution in [0.4, 0.5) is 0 Å². The van der Waals surface area contributed by atoms with Gasteiger partial charge in [-0.2, -0.15) is 0 Å². The average Bonchev–Trinajstić information content (AvgIpc) is 1.90. The Morgan fingerprint density at radius 1 is 1.20 bits per heavy atom. The van der Waals surface area contributed by atoms with E-state index in [2.05, 4.69) is 12.1 Å². The molecule has 1 rings (SSSR count). The van der Waals surface area contributed by atoms with Gasteiger partial charge < -0.3 is 17.0 Å². The molecular formula is C7H6BrClZn. The van der Waals surface area contributed by atoms with Gasteiger partial charge in [-0.1, -0.05) is 0 Å². The van der Waals surface area contributed by atoms with Gasteiger partial charge in [0.25, 0.3) is 0 Å². The SMILES string of the molecule is Clc1ccc([CH2][Zn+])cc1.[Br-]. The van der Waals surface area contributed by atoms with Crippen molar-refractivity contribution in [2.24, 2.45) is 0 Å². The van der Waals surface area contributed by atoms with E-state index < -0.39 is 0 Å². The second-order valence-corrected chi connectivity index (χ2v) is 3.36. The summed E-state index contributed by atoms with van der Waals surface area (Å²) in [5.41, 5.74) is 1.39. The summed E-state index contributed by atoms with van der Waals surface area (Å²) >= 11 is 7.00. The molecular weight excluding hydrogens is 265 g/mol. The molecule has 0 spiro atoms. The van der Waals surface area contributed by atoms with Gasteiger partial charge in [0, 0.05) is 0 Å². The molecule has 0 amide bonds. The van der Waals surface area contributed by atoms with Crippen molar-refractivity contribution in [3.8, 4) is 0 Å². The molecule has 0 aromatic heterocycles. The molecule has 0 aliphatic carbocycles. The van der Waals surface area contributed by atoms with Gasteiger partial charge >= 0.3 is 69.8 Å². The number of hydrogen-bond donors (Lipinski definition) is 0. The van der Waals surface area contributed by atoms with Gasteiger partial charge in [-0.3, -0.25) is 0 Å². The first-order valence-electron chi connectivity index (χ1n) is 2.86. The first-order chi connectivity index (χ1) is 4.33. The second kappa shape index (κ2) is 5.29. The van der Waals surface area contributed by atoms with E-state index in [1.54, 1.807) is 0 Å². The van der Waals surface area contributed by atoms with Gasteiger partial charge in [0.15, 0.2) is 0 Å². The van der Waals surface area contributed by atoms with E-state index in [1.165, 1.54) is 28.9 Å². The van der Waals surface area contributed by atoms with Crippen LogP contribution in [0.5, 0.6) is 0 Å². The van der Waals surface area contributed by atoms with Gasteiger partial charge in [-0.05, 0) is 0 Å². The summed E-state index contributed by atoms with van der Waals surface area (Å²) in [4.78, 5) is 0. The Morgan fingerprint density at radius 2 is 1.70 bits per heavy atom. The fourth-order valence-corrected chi connectivity index (χ4v) is 1.48. The fourth-order valence-electron chi connectivity index (χ4n) is 0.651. The third-order valence-electron chi connectivity index (χ3n) is 1.20. The predicted molar refractivity (Wildman–Crippen MR) is 35.2 cm³/mol. The quantitative estimate of drug-likeness (QED) is 0.598. The van der Waals surface area contributed by atoms with E-state index in [4.69, 9.17) is 11.6 Å². The minimum Gasteiger partial charge on any atom is -1.00 e. The molecule has 0 N–H and O–H groups in total. The third-order valence-corrected chi connectivity index (χ3v) is 2.67. The Labute approximate surface area is 86.4 Å². The van der Waals surface area contributed by atoms with E-state index in [0.717, 1.165) is 5.02 Å². The molecule has 3 heteroatoms. The molecule has 0 fully saturated rings. The minimum absolute atomic E-state index is 0. The number of rotatable bonds is 1. The Balaban J connectivity index is 0.000000810. The van der Waals surface area contributed by atoms with Crippen molar-refractivity contribution >= 4 is 11.6 Å². The van der Waals surface area contributed by atoms with Crippen molar-refractivity contribution in [3.05, 3.63) is 34.9 Å². The van der Waals surface area contributed by atoms with Gasteiger partial charge in [0.2, 0.25) is 0 Å². The zero-order chi connectivity index (χ0) is 6.69. The van der Waals surface area contributed by atoms with Gasteiger partial charge in [-0.25, -0.2) is 0 Å². The molecule has 0 heterocycles. The van der Waals surface area contributed by atoms with Crippen LogP contribution < -0.4 is 17.0 Å². The Bertz CT molecular complexity index is 185. The molecule has 0 atom stereocenters. The summed E-state index contributed by atoms with van der Waals surface area (Å²) in [5, 5.41) is 2.03. The first-order valence-corrected chi connectivity index (χ1v) is 5.34. The summed E-state index contributed by atoms with van der Waals surface area (Å²) < 4.78 is 0. The molecule has 0 bridgehead atoms. The maximum absolute atomic E-state index is 5.68. The van der Waals surface area contributed by atoms with Crippen molar-refractivity contribution in [2.45, 2.75) is 5.02 Å². The van der Waals surface area contributed by atoms with Crippen LogP contribution in [0.3, 0.4) is 0 Å². The molecule has 1 aromatic carbocycles. The van der Waals surface area contributed by atoms with Crippen LogP contribution in [-0.4, -0.2) is 0 Å². The molecule has 50 valence electrons. The smallest absolute Gasteiger partial charge is 1.00 e. The maximum Gasteiger partial charge on any atom is -1.00 e. The van der Waals surface area contributed by atoms with Crippen molar-refractivity contribution in [1.29, 1.82) is 0 Å². The Morgan fingerprint density at radius 3 is 2.10 bits per heavy atom. The molecule has 0 saturated heterocycles. The van der Waals surface area contributed by atoms with Crippen molar-refractivity contribution in [2.75, 3.05) is 0 Å². The number of benzene rings is 1. The molecule has 0 aliphatic rings. The number of hydrogen-bond acceptors (Lipinski definition) is 0. The Kier molecular flexibility index (Phi) is 5.61. The normalized spacial score (nSPS) is 8.70. The van der Waals surface area contributed by atoms with Crippen LogP contribution in [0, 0.1) is 0 Å². The maximum atomic E-state index is 5.68. The van der Waals surface area contributed by atoms with Crippen LogP contribution >= 0.6 is 11.6 Å². The first kappa shape index (κ1) is 10.6. The van der Waals surface area contributed by atoms with Crippen LogP contribution in [0.1, 0.15) is 5.56 Å². The van der Waals surface area contributed by atoms with Crippen molar-refractivity contribution in [1.82, 2.24) is 0 Å². The van der Waals surface area contributed by atoms with E-state index in [-0.39, 0.29) is 17.0 Å². The third kappa shape index (κ3) is 3.14. The molecule has 0 nitrogen and oxygen atoms in total. The van der Waals surface area contributed by atoms with Crippen molar-refractivity contribution < 1.29 is 35.3 Å². The van der Waals surface area contributed by atoms with E-state index in [1.807, 2.05) is 12.1 Å². The monoisotopic (exact) mass is 268 g/mol. The minimum atomic E-state index is 0. The number of halogens is 2. The van der Waals surface area contributed by atoms with Crippen LogP contribution in [0.25, 0.3) is 0 Å². The van der Waals surface area contributed by atoms with E-state index in [0.29, 0.717) is 0 Å². The summed E-state index contributed by atoms with van der Waals surface area (Å²) in [6, 6.07) is 8.02. The summed E-state index contributed by atoms with van der Waals surface area (Å²) in [6.45, 7) is 0. The standard InChI is InChI=1S/C7H6Cl.BrH.Zn/c1-6-2-4-7(8)5-3-6;;/h2-5H,1H2;1H;/q;;+1/p-1. The van der Waals surface area contributed by atoms with Gasteiger partial charge in [0.1, 0.15) is 0 Å². The molecule has 0 aliphatic heterocycles. The summed E-state index contributed by atoms with van der Waals surface area (Å²) in [7, 11) is 0. The zero-order valence-corrected chi connectivity index (χ0v) is 10.8. The molecule has 1 aromatic rings. The summed E-state index contributed by atoms with van der Waals surface area (Å²) in [6.07, 6.45) is 0. The Hall–Kier alpha value is 0.613. The topological polar surface area (TPSA) is 0 Å². The van der Waals surface area contributed by atoms with Crippen LogP contribution in [-0.2, 0) is 23.3 Å². The van der Waals surface area contributed by atoms with E-state index >= 15 is 0 Å². The zero-order valence-electron chi connectivity index (χ0n) is 5.48. The largest absolute Gasteiger partial charge is 1.00 e.